The van der Waals surface area contributed by atoms with E-state index in [9.17, 15) is 14.7 Å². The predicted octanol–water partition coefficient (Wildman–Crippen LogP) is 4.50. The molecule has 0 saturated carbocycles. The zero-order valence-corrected chi connectivity index (χ0v) is 17.6. The van der Waals surface area contributed by atoms with Gasteiger partial charge in [0.2, 0.25) is 0 Å². The van der Waals surface area contributed by atoms with Crippen molar-refractivity contribution in [2.45, 2.75) is 13.0 Å². The van der Waals surface area contributed by atoms with Gasteiger partial charge in [0.1, 0.15) is 11.5 Å². The van der Waals surface area contributed by atoms with Crippen molar-refractivity contribution in [3.63, 3.8) is 0 Å². The Morgan fingerprint density at radius 2 is 1.75 bits per heavy atom. The molecule has 1 N–H and O–H groups in total. The molecule has 158 valence electrons. The Kier molecular flexibility index (Phi) is 5.48. The monoisotopic (exact) mass is 424 g/mol. The number of ether oxygens (including phenoxy) is 1. The van der Waals surface area contributed by atoms with E-state index in [4.69, 9.17) is 10.00 Å². The highest BCUT2D eigenvalue weighted by Crippen LogP contribution is 2.43. The summed E-state index contributed by atoms with van der Waals surface area (Å²) < 4.78 is 5.24. The Morgan fingerprint density at radius 1 is 1.03 bits per heavy atom. The lowest BCUT2D eigenvalue weighted by molar-refractivity contribution is -0.132. The first-order valence-corrected chi connectivity index (χ1v) is 9.97. The van der Waals surface area contributed by atoms with Crippen LogP contribution < -0.4 is 9.64 Å². The number of aryl methyl sites for hydroxylation is 1. The quantitative estimate of drug-likeness (QED) is 0.378. The highest BCUT2D eigenvalue weighted by atomic mass is 16.5. The maximum atomic E-state index is 13.2. The molecule has 0 aromatic heterocycles. The van der Waals surface area contributed by atoms with Crippen molar-refractivity contribution in [1.82, 2.24) is 0 Å². The van der Waals surface area contributed by atoms with E-state index in [0.29, 0.717) is 22.6 Å². The third-order valence-corrected chi connectivity index (χ3v) is 5.55. The number of Topliss-reactive ketones (excluding diaryl/α,β-unsaturated/α-hetero) is 1. The number of nitriles is 1. The molecule has 4 rings (SSSR count). The summed E-state index contributed by atoms with van der Waals surface area (Å²) in [5, 5.41) is 20.3. The van der Waals surface area contributed by atoms with Crippen LogP contribution >= 0.6 is 0 Å². The van der Waals surface area contributed by atoms with Gasteiger partial charge in [0.05, 0.1) is 30.4 Å². The van der Waals surface area contributed by atoms with Gasteiger partial charge in [-0.1, -0.05) is 36.4 Å². The average molecular weight is 424 g/mol. The molecule has 1 saturated heterocycles. The minimum atomic E-state index is -0.824. The summed E-state index contributed by atoms with van der Waals surface area (Å²) in [5.74, 6) is -1.27. The van der Waals surface area contributed by atoms with Gasteiger partial charge in [0, 0.05) is 11.3 Å². The van der Waals surface area contributed by atoms with Gasteiger partial charge < -0.3 is 9.84 Å². The van der Waals surface area contributed by atoms with E-state index in [1.807, 2.05) is 37.3 Å². The molecule has 0 aliphatic carbocycles. The number of anilines is 1. The topological polar surface area (TPSA) is 90.6 Å². The lowest BCUT2D eigenvalue weighted by Crippen LogP contribution is -2.29. The zero-order chi connectivity index (χ0) is 22.8. The number of amides is 1. The summed E-state index contributed by atoms with van der Waals surface area (Å²) in [7, 11) is 1.51. The van der Waals surface area contributed by atoms with Gasteiger partial charge in [0.25, 0.3) is 11.7 Å². The van der Waals surface area contributed by atoms with Crippen molar-refractivity contribution in [2.75, 3.05) is 12.0 Å². The van der Waals surface area contributed by atoms with Crippen LogP contribution in [0, 0.1) is 18.3 Å². The van der Waals surface area contributed by atoms with Crippen LogP contribution in [-0.4, -0.2) is 23.9 Å². The lowest BCUT2D eigenvalue weighted by atomic mass is 9.92. The molecule has 0 radical (unpaired) electrons. The summed E-state index contributed by atoms with van der Waals surface area (Å²) in [6.45, 7) is 1.89. The maximum absolute atomic E-state index is 13.2. The van der Waals surface area contributed by atoms with E-state index in [2.05, 4.69) is 0 Å². The van der Waals surface area contributed by atoms with Gasteiger partial charge >= 0.3 is 0 Å². The molecule has 6 nitrogen and oxygen atoms in total. The van der Waals surface area contributed by atoms with Crippen molar-refractivity contribution in [2.24, 2.45) is 0 Å². The lowest BCUT2D eigenvalue weighted by Gasteiger charge is -2.26. The SMILES string of the molecule is COc1cccc(/C(O)=C2\C(=O)C(=O)N(c3ccc(C#N)cc3)C2c2ccccc2C)c1. The Balaban J connectivity index is 1.96. The highest BCUT2D eigenvalue weighted by Gasteiger charge is 2.47. The first kappa shape index (κ1) is 20.9. The molecule has 32 heavy (non-hydrogen) atoms. The first-order valence-electron chi connectivity index (χ1n) is 9.97. The average Bonchev–Trinajstić information content (AvgIpc) is 3.09. The second-order valence-corrected chi connectivity index (χ2v) is 7.42. The van der Waals surface area contributed by atoms with E-state index in [0.717, 1.165) is 11.1 Å². The van der Waals surface area contributed by atoms with E-state index in [1.54, 1.807) is 48.5 Å². The minimum absolute atomic E-state index is 0.00177. The second kappa shape index (κ2) is 8.40. The first-order chi connectivity index (χ1) is 15.5. The Bertz CT molecular complexity index is 1290. The van der Waals surface area contributed by atoms with Crippen LogP contribution in [0.5, 0.6) is 5.75 Å². The Labute approximate surface area is 185 Å². The van der Waals surface area contributed by atoms with Crippen LogP contribution in [0.15, 0.2) is 78.4 Å². The number of rotatable bonds is 4. The van der Waals surface area contributed by atoms with Gasteiger partial charge in [0.15, 0.2) is 0 Å². The third-order valence-electron chi connectivity index (χ3n) is 5.55. The molecule has 0 spiro atoms. The predicted molar refractivity (Wildman–Crippen MR) is 120 cm³/mol. The molecule has 1 aliphatic rings. The molecule has 1 atom stereocenters. The van der Waals surface area contributed by atoms with Crippen molar-refractivity contribution < 1.29 is 19.4 Å². The number of methoxy groups -OCH3 is 1. The van der Waals surface area contributed by atoms with E-state index in [1.165, 1.54) is 12.0 Å². The second-order valence-electron chi connectivity index (χ2n) is 7.42. The fraction of sp³-hybridized carbons (Fsp3) is 0.115. The molecule has 3 aromatic carbocycles. The number of aliphatic hydroxyl groups excluding tert-OH is 1. The van der Waals surface area contributed by atoms with Crippen molar-refractivity contribution in [1.29, 1.82) is 5.26 Å². The number of benzene rings is 3. The highest BCUT2D eigenvalue weighted by molar-refractivity contribution is 6.51. The van der Waals surface area contributed by atoms with Crippen molar-refractivity contribution >= 4 is 23.1 Å². The molecule has 1 amide bonds. The molecule has 1 unspecified atom stereocenters. The van der Waals surface area contributed by atoms with Crippen LogP contribution in [0.3, 0.4) is 0 Å². The molecule has 0 bridgehead atoms. The number of hydrogen-bond acceptors (Lipinski definition) is 5. The van der Waals surface area contributed by atoms with Crippen molar-refractivity contribution in [3.8, 4) is 11.8 Å². The number of carbonyl (C=O) groups excluding carboxylic acids is 2. The van der Waals surface area contributed by atoms with Crippen LogP contribution in [0.4, 0.5) is 5.69 Å². The largest absolute Gasteiger partial charge is 0.507 e. The van der Waals surface area contributed by atoms with Gasteiger partial charge in [-0.15, -0.1) is 0 Å². The molecule has 6 heteroatoms. The van der Waals surface area contributed by atoms with Crippen LogP contribution in [0.1, 0.15) is 28.3 Å². The van der Waals surface area contributed by atoms with E-state index < -0.39 is 17.7 Å². The van der Waals surface area contributed by atoms with E-state index in [-0.39, 0.29) is 11.3 Å². The molecule has 1 heterocycles. The van der Waals surface area contributed by atoms with Gasteiger partial charge in [-0.2, -0.15) is 5.26 Å². The standard InChI is InChI=1S/C26H20N2O4/c1-16-6-3-4-9-21(16)23-22(24(29)18-7-5-8-20(14-18)32-2)25(30)26(31)28(23)19-12-10-17(15-27)11-13-19/h3-14,23,29H,1-2H3/b24-22+. The number of nitrogens with zero attached hydrogens (tertiary/aromatic N) is 2. The van der Waals surface area contributed by atoms with Gasteiger partial charge in [-0.05, 0) is 54.4 Å². The smallest absolute Gasteiger partial charge is 0.300 e. The van der Waals surface area contributed by atoms with Crippen LogP contribution in [0.2, 0.25) is 0 Å². The molecule has 1 fully saturated rings. The zero-order valence-electron chi connectivity index (χ0n) is 17.6. The molecular formula is C26H20N2O4. The summed E-state index contributed by atoms with van der Waals surface area (Å²) in [6, 6.07) is 21.8. The van der Waals surface area contributed by atoms with Gasteiger partial charge in [-0.3, -0.25) is 14.5 Å². The molecule has 1 aliphatic heterocycles. The summed E-state index contributed by atoms with van der Waals surface area (Å²) in [5.41, 5.74) is 2.87. The number of hydrogen-bond donors (Lipinski definition) is 1. The summed E-state index contributed by atoms with van der Waals surface area (Å²) in [4.78, 5) is 27.7. The van der Waals surface area contributed by atoms with Crippen LogP contribution in [0.25, 0.3) is 5.76 Å². The fourth-order valence-corrected chi connectivity index (χ4v) is 3.91. The summed E-state index contributed by atoms with van der Waals surface area (Å²) in [6.07, 6.45) is 0. The Morgan fingerprint density at radius 3 is 2.41 bits per heavy atom. The third kappa shape index (κ3) is 3.50. The normalized spacial score (nSPS) is 17.3. The molecular weight excluding hydrogens is 404 g/mol. The van der Waals surface area contributed by atoms with Crippen molar-refractivity contribution in [3.05, 3.63) is 101 Å². The number of carbonyl (C=O) groups is 2. The van der Waals surface area contributed by atoms with Crippen LogP contribution in [-0.2, 0) is 9.59 Å². The van der Waals surface area contributed by atoms with Gasteiger partial charge in [-0.25, -0.2) is 0 Å². The maximum Gasteiger partial charge on any atom is 0.300 e. The van der Waals surface area contributed by atoms with E-state index >= 15 is 0 Å². The minimum Gasteiger partial charge on any atom is -0.507 e. The number of aliphatic hydroxyl groups is 1. The fourth-order valence-electron chi connectivity index (χ4n) is 3.91. The molecule has 3 aromatic rings. The number of ketones is 1. The Hall–Kier alpha value is -4.37. The summed E-state index contributed by atoms with van der Waals surface area (Å²) >= 11 is 0.